The van der Waals surface area contributed by atoms with E-state index in [1.165, 1.54) is 7.11 Å². The van der Waals surface area contributed by atoms with Crippen LogP contribution in [0.15, 0.2) is 0 Å². The Labute approximate surface area is 79.0 Å². The Morgan fingerprint density at radius 3 is 2.85 bits per heavy atom. The van der Waals surface area contributed by atoms with Crippen molar-refractivity contribution in [2.24, 2.45) is 5.73 Å². The van der Waals surface area contributed by atoms with Crippen LogP contribution >= 0.6 is 0 Å². The average Bonchev–Trinajstić information content (AvgIpc) is 2.26. The van der Waals surface area contributed by atoms with E-state index >= 15 is 0 Å². The highest BCUT2D eigenvalue weighted by Crippen LogP contribution is 2.18. The Hall–Kier alpha value is -0.610. The molecule has 4 heteroatoms. The Morgan fingerprint density at radius 1 is 1.54 bits per heavy atom. The van der Waals surface area contributed by atoms with Crippen LogP contribution in [0.2, 0.25) is 0 Å². The topological polar surface area (TPSA) is 55.6 Å². The molecule has 0 saturated carbocycles. The second-order valence-corrected chi connectivity index (χ2v) is 3.84. The van der Waals surface area contributed by atoms with E-state index in [0.29, 0.717) is 6.54 Å². The number of methoxy groups -OCH3 is 1. The van der Waals surface area contributed by atoms with Gasteiger partial charge in [0.1, 0.15) is 5.54 Å². The zero-order valence-corrected chi connectivity index (χ0v) is 8.38. The predicted octanol–water partition coefficient (Wildman–Crippen LogP) is -0.0274. The summed E-state index contributed by atoms with van der Waals surface area (Å²) in [4.78, 5) is 13.5. The minimum absolute atomic E-state index is 0.291. The summed E-state index contributed by atoms with van der Waals surface area (Å²) >= 11 is 0. The second-order valence-electron chi connectivity index (χ2n) is 3.84. The van der Waals surface area contributed by atoms with Crippen molar-refractivity contribution in [3.63, 3.8) is 0 Å². The lowest BCUT2D eigenvalue weighted by Gasteiger charge is -2.27. The number of nitrogens with zero attached hydrogens (tertiary/aromatic N) is 1. The largest absolute Gasteiger partial charge is 0.468 e. The monoisotopic (exact) mass is 186 g/mol. The van der Waals surface area contributed by atoms with Crippen LogP contribution in [0.3, 0.4) is 0 Å². The maximum atomic E-state index is 11.4. The molecule has 1 rings (SSSR count). The van der Waals surface area contributed by atoms with Gasteiger partial charge in [-0.3, -0.25) is 4.79 Å². The first kappa shape index (κ1) is 10.5. The van der Waals surface area contributed by atoms with Crippen molar-refractivity contribution < 1.29 is 9.53 Å². The van der Waals surface area contributed by atoms with Gasteiger partial charge in [0.25, 0.3) is 0 Å². The molecule has 0 spiro atoms. The molecule has 0 bridgehead atoms. The number of likely N-dealkylation sites (N-methyl/N-ethyl adjacent to an activating group) is 1. The van der Waals surface area contributed by atoms with Crippen LogP contribution in [0.4, 0.5) is 0 Å². The Bertz CT molecular complexity index is 196. The molecule has 4 nitrogen and oxygen atoms in total. The van der Waals surface area contributed by atoms with Crippen molar-refractivity contribution in [2.45, 2.75) is 24.8 Å². The van der Waals surface area contributed by atoms with Crippen LogP contribution < -0.4 is 5.73 Å². The molecule has 1 heterocycles. The van der Waals surface area contributed by atoms with E-state index in [4.69, 9.17) is 10.5 Å². The summed E-state index contributed by atoms with van der Waals surface area (Å²) < 4.78 is 4.71. The first-order valence-corrected chi connectivity index (χ1v) is 4.64. The molecule has 0 radical (unpaired) electrons. The van der Waals surface area contributed by atoms with Crippen LogP contribution in [0, 0.1) is 0 Å². The molecule has 0 aromatic heterocycles. The second kappa shape index (κ2) is 4.07. The molecule has 1 saturated heterocycles. The van der Waals surface area contributed by atoms with E-state index in [9.17, 15) is 4.79 Å². The standard InChI is InChI=1S/C9H18N2O2/c1-11-6-4-3-5-9(10,7-11)8(12)13-2/h3-7,10H2,1-2H3. The zero-order valence-electron chi connectivity index (χ0n) is 8.38. The number of ether oxygens (including phenoxy) is 1. The molecule has 1 aliphatic rings. The average molecular weight is 186 g/mol. The van der Waals surface area contributed by atoms with Crippen molar-refractivity contribution in [2.75, 3.05) is 27.2 Å². The highest BCUT2D eigenvalue weighted by molar-refractivity contribution is 5.80. The number of carbonyl (C=O) groups is 1. The summed E-state index contributed by atoms with van der Waals surface area (Å²) in [6, 6.07) is 0. The maximum Gasteiger partial charge on any atom is 0.327 e. The lowest BCUT2D eigenvalue weighted by atomic mass is 9.95. The summed E-state index contributed by atoms with van der Waals surface area (Å²) in [5.74, 6) is -0.291. The van der Waals surface area contributed by atoms with Crippen molar-refractivity contribution in [1.29, 1.82) is 0 Å². The fraction of sp³-hybridized carbons (Fsp3) is 0.889. The third kappa shape index (κ3) is 2.42. The minimum atomic E-state index is -0.792. The van der Waals surface area contributed by atoms with Gasteiger partial charge in [-0.15, -0.1) is 0 Å². The fourth-order valence-electron chi connectivity index (χ4n) is 1.83. The number of rotatable bonds is 1. The molecular weight excluding hydrogens is 168 g/mol. The quantitative estimate of drug-likeness (QED) is 0.584. The van der Waals surface area contributed by atoms with Gasteiger partial charge >= 0.3 is 5.97 Å². The summed E-state index contributed by atoms with van der Waals surface area (Å²) in [6.45, 7) is 1.61. The molecule has 13 heavy (non-hydrogen) atoms. The van der Waals surface area contributed by atoms with Crippen molar-refractivity contribution in [1.82, 2.24) is 4.90 Å². The summed E-state index contributed by atoms with van der Waals surface area (Å²) in [7, 11) is 3.37. The Balaban J connectivity index is 2.68. The van der Waals surface area contributed by atoms with Crippen molar-refractivity contribution in [3.05, 3.63) is 0 Å². The first-order chi connectivity index (χ1) is 6.08. The minimum Gasteiger partial charge on any atom is -0.468 e. The summed E-state index contributed by atoms with van der Waals surface area (Å²) in [5, 5.41) is 0. The smallest absolute Gasteiger partial charge is 0.327 e. The molecule has 0 aromatic carbocycles. The molecule has 1 aliphatic heterocycles. The lowest BCUT2D eigenvalue weighted by Crippen LogP contribution is -2.55. The Kier molecular flexibility index (Phi) is 3.27. The number of likely N-dealkylation sites (tertiary alicyclic amines) is 1. The number of hydrogen-bond acceptors (Lipinski definition) is 4. The first-order valence-electron chi connectivity index (χ1n) is 4.64. The van der Waals surface area contributed by atoms with Gasteiger partial charge in [0.2, 0.25) is 0 Å². The molecule has 2 N–H and O–H groups in total. The lowest BCUT2D eigenvalue weighted by molar-refractivity contribution is -0.147. The van der Waals surface area contributed by atoms with Gasteiger partial charge < -0.3 is 15.4 Å². The molecule has 1 atom stereocenters. The summed E-state index contributed by atoms with van der Waals surface area (Å²) in [6.07, 6.45) is 2.83. The Morgan fingerprint density at radius 2 is 2.23 bits per heavy atom. The fourth-order valence-corrected chi connectivity index (χ4v) is 1.83. The number of nitrogens with two attached hydrogens (primary N) is 1. The predicted molar refractivity (Wildman–Crippen MR) is 50.3 cm³/mol. The molecule has 0 amide bonds. The highest BCUT2D eigenvalue weighted by atomic mass is 16.5. The highest BCUT2D eigenvalue weighted by Gasteiger charge is 2.37. The number of carbonyl (C=O) groups excluding carboxylic acids is 1. The van der Waals surface area contributed by atoms with E-state index in [0.717, 1.165) is 25.8 Å². The maximum absolute atomic E-state index is 11.4. The third-order valence-corrected chi connectivity index (χ3v) is 2.56. The molecule has 1 fully saturated rings. The third-order valence-electron chi connectivity index (χ3n) is 2.56. The summed E-state index contributed by atoms with van der Waals surface area (Å²) in [5.41, 5.74) is 5.20. The van der Waals surface area contributed by atoms with E-state index in [1.54, 1.807) is 0 Å². The van der Waals surface area contributed by atoms with Crippen LogP contribution in [-0.4, -0.2) is 43.7 Å². The van der Waals surface area contributed by atoms with E-state index in [-0.39, 0.29) is 5.97 Å². The molecule has 1 unspecified atom stereocenters. The normalized spacial score (nSPS) is 31.0. The van der Waals surface area contributed by atoms with Gasteiger partial charge in [0.05, 0.1) is 7.11 Å². The molecule has 0 aliphatic carbocycles. The van der Waals surface area contributed by atoms with Gasteiger partial charge in [0, 0.05) is 6.54 Å². The number of hydrogen-bond donors (Lipinski definition) is 1. The van der Waals surface area contributed by atoms with E-state index < -0.39 is 5.54 Å². The molecule has 0 aromatic rings. The van der Waals surface area contributed by atoms with Gasteiger partial charge in [-0.2, -0.15) is 0 Å². The van der Waals surface area contributed by atoms with E-state index in [1.807, 2.05) is 7.05 Å². The van der Waals surface area contributed by atoms with Crippen LogP contribution in [-0.2, 0) is 9.53 Å². The van der Waals surface area contributed by atoms with Crippen LogP contribution in [0.1, 0.15) is 19.3 Å². The van der Waals surface area contributed by atoms with Gasteiger partial charge in [-0.25, -0.2) is 0 Å². The molecular formula is C9H18N2O2. The van der Waals surface area contributed by atoms with Gasteiger partial charge in [-0.05, 0) is 32.9 Å². The van der Waals surface area contributed by atoms with Gasteiger partial charge in [0.15, 0.2) is 0 Å². The molecule has 76 valence electrons. The van der Waals surface area contributed by atoms with Crippen LogP contribution in [0.5, 0.6) is 0 Å². The van der Waals surface area contributed by atoms with Crippen LogP contribution in [0.25, 0.3) is 0 Å². The van der Waals surface area contributed by atoms with Crippen molar-refractivity contribution in [3.8, 4) is 0 Å². The SMILES string of the molecule is COC(=O)C1(N)CCCCN(C)C1. The van der Waals surface area contributed by atoms with E-state index in [2.05, 4.69) is 4.90 Å². The zero-order chi connectivity index (χ0) is 9.90. The van der Waals surface area contributed by atoms with Gasteiger partial charge in [-0.1, -0.05) is 0 Å². The van der Waals surface area contributed by atoms with Crippen molar-refractivity contribution >= 4 is 5.97 Å². The number of esters is 1.